The average molecular weight is 220 g/mol. The Morgan fingerprint density at radius 1 is 1.43 bits per heavy atom. The first kappa shape index (κ1) is 12.3. The maximum atomic E-state index is 5.82. The van der Waals surface area contributed by atoms with Gasteiger partial charge in [-0.25, -0.2) is 0 Å². The molecule has 0 aliphatic carbocycles. The summed E-state index contributed by atoms with van der Waals surface area (Å²) in [6.45, 7) is 9.90. The van der Waals surface area contributed by atoms with Crippen LogP contribution in [0, 0.1) is 5.92 Å². The van der Waals surface area contributed by atoms with E-state index in [1.807, 2.05) is 0 Å². The lowest BCUT2D eigenvalue weighted by Crippen LogP contribution is -2.47. The molecule has 0 aromatic heterocycles. The number of morpholine rings is 1. The van der Waals surface area contributed by atoms with Gasteiger partial charge in [-0.1, -0.05) is 13.8 Å². The van der Waals surface area contributed by atoms with Gasteiger partial charge in [0.1, 0.15) is 0 Å². The van der Waals surface area contributed by atoms with Gasteiger partial charge in [-0.2, -0.15) is 0 Å². The van der Waals surface area contributed by atoms with Crippen LogP contribution < -0.4 is 0 Å². The van der Waals surface area contributed by atoms with E-state index in [2.05, 4.69) is 25.7 Å². The summed E-state index contributed by atoms with van der Waals surface area (Å²) in [5.41, 5.74) is 0. The van der Waals surface area contributed by atoms with E-state index in [-0.39, 0.29) is 6.10 Å². The molecule has 0 aromatic rings. The summed E-state index contributed by atoms with van der Waals surface area (Å²) >= 11 is 5.82. The number of ether oxygens (including phenoxy) is 1. The van der Waals surface area contributed by atoms with Gasteiger partial charge in [-0.3, -0.25) is 4.90 Å². The van der Waals surface area contributed by atoms with Crippen LogP contribution in [0.1, 0.15) is 27.2 Å². The molecule has 0 saturated carbocycles. The van der Waals surface area contributed by atoms with Crippen molar-refractivity contribution in [2.24, 2.45) is 5.92 Å². The van der Waals surface area contributed by atoms with Crippen LogP contribution in [0.5, 0.6) is 0 Å². The fourth-order valence-corrected chi connectivity index (χ4v) is 2.02. The third-order valence-corrected chi connectivity index (χ3v) is 2.94. The smallest absolute Gasteiger partial charge is 0.0841 e. The van der Waals surface area contributed by atoms with Crippen LogP contribution in [-0.2, 0) is 4.74 Å². The fourth-order valence-electron chi connectivity index (χ4n) is 1.85. The first-order valence-corrected chi connectivity index (χ1v) is 6.09. The largest absolute Gasteiger partial charge is 0.371 e. The van der Waals surface area contributed by atoms with Gasteiger partial charge in [0, 0.05) is 19.0 Å². The second kappa shape index (κ2) is 5.94. The number of rotatable bonds is 4. The van der Waals surface area contributed by atoms with Crippen LogP contribution in [0.2, 0.25) is 0 Å². The molecule has 0 radical (unpaired) electrons. The Bertz CT molecular complexity index is 163. The van der Waals surface area contributed by atoms with E-state index >= 15 is 0 Å². The Balaban J connectivity index is 2.30. The highest BCUT2D eigenvalue weighted by molar-refractivity contribution is 6.18. The van der Waals surface area contributed by atoms with Crippen molar-refractivity contribution >= 4 is 11.6 Å². The SMILES string of the molecule is CC(C)CCN1CC(C)OC(CCl)C1. The number of nitrogens with zero attached hydrogens (tertiary/aromatic N) is 1. The third-order valence-electron chi connectivity index (χ3n) is 2.60. The van der Waals surface area contributed by atoms with Gasteiger partial charge in [0.05, 0.1) is 12.2 Å². The van der Waals surface area contributed by atoms with Crippen LogP contribution in [0.4, 0.5) is 0 Å². The molecule has 0 N–H and O–H groups in total. The van der Waals surface area contributed by atoms with Gasteiger partial charge in [0.15, 0.2) is 0 Å². The highest BCUT2D eigenvalue weighted by Gasteiger charge is 2.24. The zero-order valence-corrected chi connectivity index (χ0v) is 10.3. The van der Waals surface area contributed by atoms with E-state index in [1.54, 1.807) is 0 Å². The van der Waals surface area contributed by atoms with Crippen molar-refractivity contribution in [3.63, 3.8) is 0 Å². The van der Waals surface area contributed by atoms with Crippen LogP contribution in [-0.4, -0.2) is 42.6 Å². The lowest BCUT2D eigenvalue weighted by molar-refractivity contribution is -0.0671. The normalized spacial score (nSPS) is 29.8. The van der Waals surface area contributed by atoms with Gasteiger partial charge in [0.25, 0.3) is 0 Å². The van der Waals surface area contributed by atoms with E-state index in [9.17, 15) is 0 Å². The molecule has 0 aromatic carbocycles. The molecule has 1 heterocycles. The van der Waals surface area contributed by atoms with Crippen molar-refractivity contribution in [2.75, 3.05) is 25.5 Å². The van der Waals surface area contributed by atoms with Crippen molar-refractivity contribution in [2.45, 2.75) is 39.4 Å². The Hall–Kier alpha value is 0.210. The molecule has 14 heavy (non-hydrogen) atoms. The first-order valence-electron chi connectivity index (χ1n) is 5.55. The highest BCUT2D eigenvalue weighted by atomic mass is 35.5. The molecular weight excluding hydrogens is 198 g/mol. The van der Waals surface area contributed by atoms with Crippen molar-refractivity contribution in [3.05, 3.63) is 0 Å². The van der Waals surface area contributed by atoms with Crippen molar-refractivity contribution < 1.29 is 4.74 Å². The lowest BCUT2D eigenvalue weighted by Gasteiger charge is -2.36. The predicted octanol–water partition coefficient (Wildman–Crippen LogP) is 2.36. The summed E-state index contributed by atoms with van der Waals surface area (Å²) < 4.78 is 5.70. The first-order chi connectivity index (χ1) is 6.61. The van der Waals surface area contributed by atoms with E-state index < -0.39 is 0 Å². The number of alkyl halides is 1. The molecule has 3 heteroatoms. The number of hydrogen-bond donors (Lipinski definition) is 0. The molecule has 1 rings (SSSR count). The van der Waals surface area contributed by atoms with Crippen LogP contribution in [0.15, 0.2) is 0 Å². The molecule has 2 nitrogen and oxygen atoms in total. The molecule has 0 amide bonds. The number of hydrogen-bond acceptors (Lipinski definition) is 2. The van der Waals surface area contributed by atoms with Gasteiger partial charge in [-0.15, -0.1) is 11.6 Å². The molecule has 1 aliphatic rings. The van der Waals surface area contributed by atoms with Gasteiger partial charge in [-0.05, 0) is 25.8 Å². The topological polar surface area (TPSA) is 12.5 Å². The molecule has 1 saturated heterocycles. The molecule has 84 valence electrons. The van der Waals surface area contributed by atoms with E-state index in [0.29, 0.717) is 12.0 Å². The standard InChI is InChI=1S/C11H22ClNO/c1-9(2)4-5-13-7-10(3)14-11(6-12)8-13/h9-11H,4-8H2,1-3H3. The van der Waals surface area contributed by atoms with Gasteiger partial charge >= 0.3 is 0 Å². The average Bonchev–Trinajstić information content (AvgIpc) is 2.14. The quantitative estimate of drug-likeness (QED) is 0.674. The van der Waals surface area contributed by atoms with Gasteiger partial charge in [0.2, 0.25) is 0 Å². The summed E-state index contributed by atoms with van der Waals surface area (Å²) in [5, 5.41) is 0. The summed E-state index contributed by atoms with van der Waals surface area (Å²) in [5.74, 6) is 1.39. The monoisotopic (exact) mass is 219 g/mol. The molecular formula is C11H22ClNO. The molecule has 1 fully saturated rings. The molecule has 0 spiro atoms. The highest BCUT2D eigenvalue weighted by Crippen LogP contribution is 2.13. The fraction of sp³-hybridized carbons (Fsp3) is 1.00. The van der Waals surface area contributed by atoms with Crippen LogP contribution >= 0.6 is 11.6 Å². The lowest BCUT2D eigenvalue weighted by atomic mass is 10.1. The van der Waals surface area contributed by atoms with Crippen molar-refractivity contribution in [1.82, 2.24) is 4.90 Å². The van der Waals surface area contributed by atoms with Crippen molar-refractivity contribution in [1.29, 1.82) is 0 Å². The third kappa shape index (κ3) is 4.16. The van der Waals surface area contributed by atoms with E-state index in [4.69, 9.17) is 16.3 Å². The Morgan fingerprint density at radius 2 is 2.14 bits per heavy atom. The van der Waals surface area contributed by atoms with Crippen molar-refractivity contribution in [3.8, 4) is 0 Å². The summed E-state index contributed by atoms with van der Waals surface area (Å²) in [7, 11) is 0. The summed E-state index contributed by atoms with van der Waals surface area (Å²) in [6, 6.07) is 0. The molecule has 1 aliphatic heterocycles. The maximum absolute atomic E-state index is 5.82. The minimum absolute atomic E-state index is 0.229. The predicted molar refractivity (Wildman–Crippen MR) is 61.0 cm³/mol. The zero-order valence-electron chi connectivity index (χ0n) is 9.50. The zero-order chi connectivity index (χ0) is 10.6. The Kier molecular flexibility index (Phi) is 5.21. The minimum atomic E-state index is 0.229. The van der Waals surface area contributed by atoms with E-state index in [1.165, 1.54) is 13.0 Å². The van der Waals surface area contributed by atoms with Gasteiger partial charge < -0.3 is 4.74 Å². The second-order valence-electron chi connectivity index (χ2n) is 4.67. The second-order valence-corrected chi connectivity index (χ2v) is 4.97. The van der Waals surface area contributed by atoms with Crippen LogP contribution in [0.3, 0.4) is 0 Å². The Morgan fingerprint density at radius 3 is 2.71 bits per heavy atom. The molecule has 2 atom stereocenters. The summed E-state index contributed by atoms with van der Waals surface area (Å²) in [4.78, 5) is 2.47. The Labute approximate surface area is 92.6 Å². The maximum Gasteiger partial charge on any atom is 0.0841 e. The van der Waals surface area contributed by atoms with Crippen LogP contribution in [0.25, 0.3) is 0 Å². The number of halogens is 1. The molecule has 2 unspecified atom stereocenters. The summed E-state index contributed by atoms with van der Waals surface area (Å²) in [6.07, 6.45) is 1.83. The minimum Gasteiger partial charge on any atom is -0.371 e. The van der Waals surface area contributed by atoms with E-state index in [0.717, 1.165) is 19.0 Å². The molecule has 0 bridgehead atoms.